The number of benzene rings is 2. The van der Waals surface area contributed by atoms with E-state index in [1.807, 2.05) is 18.2 Å². The molecule has 0 radical (unpaired) electrons. The molecule has 1 heterocycles. The highest BCUT2D eigenvalue weighted by molar-refractivity contribution is 5.95. The molecule has 0 atom stereocenters. The summed E-state index contributed by atoms with van der Waals surface area (Å²) in [5, 5.41) is 6.06. The van der Waals surface area contributed by atoms with Crippen molar-refractivity contribution >= 4 is 11.6 Å². The lowest BCUT2D eigenvalue weighted by molar-refractivity contribution is -0.118. The highest BCUT2D eigenvalue weighted by Crippen LogP contribution is 2.28. The van der Waals surface area contributed by atoms with Crippen molar-refractivity contribution in [3.8, 4) is 5.75 Å². The van der Waals surface area contributed by atoms with Crippen LogP contribution in [-0.2, 0) is 17.9 Å². The molecule has 0 unspecified atom stereocenters. The Bertz CT molecular complexity index is 656. The van der Waals surface area contributed by atoms with Crippen LogP contribution in [0.2, 0.25) is 0 Å². The fraction of sp³-hybridized carbons (Fsp3) is 0.188. The second-order valence-electron chi connectivity index (χ2n) is 4.90. The molecule has 1 aliphatic rings. The second-order valence-corrected chi connectivity index (χ2v) is 4.90. The van der Waals surface area contributed by atoms with Crippen LogP contribution in [0.5, 0.6) is 5.75 Å². The Balaban J connectivity index is 1.59. The smallest absolute Gasteiger partial charge is 0.262 e. The van der Waals surface area contributed by atoms with Crippen molar-refractivity contribution in [2.75, 3.05) is 11.9 Å². The lowest BCUT2D eigenvalue weighted by atomic mass is 10.1. The molecule has 2 aromatic carbocycles. The molecule has 108 valence electrons. The summed E-state index contributed by atoms with van der Waals surface area (Å²) in [6.45, 7) is 1.37. The maximum atomic E-state index is 12.8. The number of fused-ring (bicyclic) bond motifs is 1. The minimum absolute atomic E-state index is 0.0646. The van der Waals surface area contributed by atoms with Crippen LogP contribution in [0.15, 0.2) is 42.5 Å². The van der Waals surface area contributed by atoms with E-state index < -0.39 is 0 Å². The number of halogens is 1. The number of amides is 1. The standard InChI is InChI=1S/C16H15FN2O2/c17-13-4-1-11(2-5-13)8-18-9-12-3-6-15-14(7-12)19-16(20)10-21-15/h1-7,18H,8-10H2,(H,19,20). The minimum Gasteiger partial charge on any atom is -0.482 e. The lowest BCUT2D eigenvalue weighted by Gasteiger charge is -2.18. The number of hydrogen-bond donors (Lipinski definition) is 2. The van der Waals surface area contributed by atoms with Gasteiger partial charge in [0, 0.05) is 13.1 Å². The fourth-order valence-corrected chi connectivity index (χ4v) is 2.19. The summed E-state index contributed by atoms with van der Waals surface area (Å²) in [6, 6.07) is 12.1. The van der Waals surface area contributed by atoms with E-state index in [0.717, 1.165) is 11.1 Å². The second kappa shape index (κ2) is 5.93. The molecular weight excluding hydrogens is 271 g/mol. The predicted molar refractivity (Wildman–Crippen MR) is 77.5 cm³/mol. The van der Waals surface area contributed by atoms with E-state index in [1.54, 1.807) is 12.1 Å². The summed E-state index contributed by atoms with van der Waals surface area (Å²) in [5.74, 6) is 0.319. The molecule has 0 spiro atoms. The third-order valence-corrected chi connectivity index (χ3v) is 3.25. The SMILES string of the molecule is O=C1COc2ccc(CNCc3ccc(F)cc3)cc2N1. The third-order valence-electron chi connectivity index (χ3n) is 3.25. The van der Waals surface area contributed by atoms with Crippen molar-refractivity contribution in [1.82, 2.24) is 5.32 Å². The average molecular weight is 286 g/mol. The van der Waals surface area contributed by atoms with Crippen LogP contribution in [0.1, 0.15) is 11.1 Å². The van der Waals surface area contributed by atoms with Crippen LogP contribution in [0.3, 0.4) is 0 Å². The van der Waals surface area contributed by atoms with Gasteiger partial charge in [-0.15, -0.1) is 0 Å². The molecular formula is C16H15FN2O2. The number of carbonyl (C=O) groups excluding carboxylic acids is 1. The van der Waals surface area contributed by atoms with Gasteiger partial charge in [0.15, 0.2) is 6.61 Å². The first-order valence-electron chi connectivity index (χ1n) is 6.71. The van der Waals surface area contributed by atoms with Gasteiger partial charge in [-0.05, 0) is 35.4 Å². The molecule has 0 aromatic heterocycles. The Labute approximate surface area is 121 Å². The molecule has 5 heteroatoms. The summed E-state index contributed by atoms with van der Waals surface area (Å²) in [5.41, 5.74) is 2.76. The Morgan fingerprint density at radius 1 is 1.10 bits per heavy atom. The molecule has 21 heavy (non-hydrogen) atoms. The maximum Gasteiger partial charge on any atom is 0.262 e. The largest absolute Gasteiger partial charge is 0.482 e. The normalized spacial score (nSPS) is 13.3. The first-order valence-corrected chi connectivity index (χ1v) is 6.71. The average Bonchev–Trinajstić information content (AvgIpc) is 2.49. The molecule has 0 saturated carbocycles. The van der Waals surface area contributed by atoms with Crippen LogP contribution in [0, 0.1) is 5.82 Å². The number of nitrogens with one attached hydrogen (secondary N) is 2. The van der Waals surface area contributed by atoms with Gasteiger partial charge in [-0.2, -0.15) is 0 Å². The van der Waals surface area contributed by atoms with E-state index >= 15 is 0 Å². The molecule has 0 aliphatic carbocycles. The van der Waals surface area contributed by atoms with Gasteiger partial charge < -0.3 is 15.4 Å². The Hall–Kier alpha value is -2.40. The van der Waals surface area contributed by atoms with Gasteiger partial charge in [-0.3, -0.25) is 4.79 Å². The molecule has 2 aromatic rings. The van der Waals surface area contributed by atoms with Crippen molar-refractivity contribution in [2.45, 2.75) is 13.1 Å². The summed E-state index contributed by atoms with van der Waals surface area (Å²) < 4.78 is 18.1. The van der Waals surface area contributed by atoms with Crippen LogP contribution >= 0.6 is 0 Å². The molecule has 0 bridgehead atoms. The van der Waals surface area contributed by atoms with Gasteiger partial charge in [-0.1, -0.05) is 18.2 Å². The number of rotatable bonds is 4. The van der Waals surface area contributed by atoms with Gasteiger partial charge in [0.25, 0.3) is 5.91 Å². The van der Waals surface area contributed by atoms with E-state index in [0.29, 0.717) is 24.5 Å². The van der Waals surface area contributed by atoms with Crippen LogP contribution in [0.4, 0.5) is 10.1 Å². The van der Waals surface area contributed by atoms with E-state index in [-0.39, 0.29) is 18.3 Å². The highest BCUT2D eigenvalue weighted by Gasteiger charge is 2.15. The molecule has 1 aliphatic heterocycles. The lowest BCUT2D eigenvalue weighted by Crippen LogP contribution is -2.25. The van der Waals surface area contributed by atoms with E-state index in [4.69, 9.17) is 4.74 Å². The van der Waals surface area contributed by atoms with E-state index in [2.05, 4.69) is 10.6 Å². The van der Waals surface area contributed by atoms with Gasteiger partial charge in [-0.25, -0.2) is 4.39 Å². The number of ether oxygens (including phenoxy) is 1. The summed E-state index contributed by atoms with van der Waals surface area (Å²) in [4.78, 5) is 11.3. The molecule has 2 N–H and O–H groups in total. The number of hydrogen-bond acceptors (Lipinski definition) is 3. The Morgan fingerprint density at radius 3 is 2.62 bits per heavy atom. The summed E-state index contributed by atoms with van der Waals surface area (Å²) in [6.07, 6.45) is 0. The third kappa shape index (κ3) is 3.38. The number of carbonyl (C=O) groups is 1. The van der Waals surface area contributed by atoms with Gasteiger partial charge in [0.05, 0.1) is 5.69 Å². The Kier molecular flexibility index (Phi) is 3.83. The van der Waals surface area contributed by atoms with Crippen LogP contribution in [-0.4, -0.2) is 12.5 Å². The van der Waals surface area contributed by atoms with E-state index in [1.165, 1.54) is 12.1 Å². The molecule has 0 fully saturated rings. The highest BCUT2D eigenvalue weighted by atomic mass is 19.1. The van der Waals surface area contributed by atoms with Crippen LogP contribution < -0.4 is 15.4 Å². The zero-order chi connectivity index (χ0) is 14.7. The predicted octanol–water partition coefficient (Wildman–Crippen LogP) is 2.45. The Morgan fingerprint density at radius 2 is 1.81 bits per heavy atom. The molecule has 1 amide bonds. The van der Waals surface area contributed by atoms with Crippen molar-refractivity contribution in [3.05, 3.63) is 59.4 Å². The first kappa shape index (κ1) is 13.6. The van der Waals surface area contributed by atoms with E-state index in [9.17, 15) is 9.18 Å². The number of anilines is 1. The maximum absolute atomic E-state index is 12.8. The quantitative estimate of drug-likeness (QED) is 0.907. The monoisotopic (exact) mass is 286 g/mol. The summed E-state index contributed by atoms with van der Waals surface area (Å²) in [7, 11) is 0. The van der Waals surface area contributed by atoms with Gasteiger partial charge >= 0.3 is 0 Å². The van der Waals surface area contributed by atoms with Crippen molar-refractivity contribution in [2.24, 2.45) is 0 Å². The first-order chi connectivity index (χ1) is 10.2. The van der Waals surface area contributed by atoms with Crippen LogP contribution in [0.25, 0.3) is 0 Å². The van der Waals surface area contributed by atoms with Gasteiger partial charge in [0.1, 0.15) is 11.6 Å². The molecule has 0 saturated heterocycles. The fourth-order valence-electron chi connectivity index (χ4n) is 2.19. The molecule has 4 nitrogen and oxygen atoms in total. The van der Waals surface area contributed by atoms with Crippen molar-refractivity contribution in [1.29, 1.82) is 0 Å². The van der Waals surface area contributed by atoms with Gasteiger partial charge in [0.2, 0.25) is 0 Å². The zero-order valence-electron chi connectivity index (χ0n) is 11.4. The van der Waals surface area contributed by atoms with Crippen molar-refractivity contribution in [3.63, 3.8) is 0 Å². The molecule has 3 rings (SSSR count). The minimum atomic E-state index is -0.232. The topological polar surface area (TPSA) is 50.4 Å². The summed E-state index contributed by atoms with van der Waals surface area (Å²) >= 11 is 0. The zero-order valence-corrected chi connectivity index (χ0v) is 11.4. The van der Waals surface area contributed by atoms with Crippen molar-refractivity contribution < 1.29 is 13.9 Å².